The molecule has 1 aliphatic heterocycles. The van der Waals surface area contributed by atoms with E-state index in [1.165, 1.54) is 0 Å². The first-order chi connectivity index (χ1) is 11.0. The molecule has 0 bridgehead atoms. The lowest BCUT2D eigenvalue weighted by atomic mass is 9.97. The maximum atomic E-state index is 12.6. The molecular weight excluding hydrogens is 292 g/mol. The summed E-state index contributed by atoms with van der Waals surface area (Å²) in [6, 6.07) is 7.20. The van der Waals surface area contributed by atoms with Gasteiger partial charge in [0, 0.05) is 31.1 Å². The topological polar surface area (TPSA) is 58.6 Å². The van der Waals surface area contributed by atoms with Gasteiger partial charge in [0.25, 0.3) is 5.91 Å². The van der Waals surface area contributed by atoms with Gasteiger partial charge in [-0.25, -0.2) is 0 Å². The van der Waals surface area contributed by atoms with Crippen LogP contribution in [0.2, 0.25) is 0 Å². The number of piperidine rings is 1. The number of rotatable bonds is 5. The molecule has 5 heteroatoms. The van der Waals surface area contributed by atoms with Gasteiger partial charge in [-0.1, -0.05) is 13.8 Å². The maximum absolute atomic E-state index is 12.6. The molecule has 1 aliphatic rings. The van der Waals surface area contributed by atoms with Gasteiger partial charge in [-0.05, 0) is 43.0 Å². The number of amides is 2. The molecule has 0 aliphatic carbocycles. The minimum Gasteiger partial charge on any atom is -0.497 e. The molecule has 1 saturated heterocycles. The lowest BCUT2D eigenvalue weighted by Gasteiger charge is -2.33. The zero-order valence-corrected chi connectivity index (χ0v) is 14.2. The fraction of sp³-hybridized carbons (Fsp3) is 0.556. The minimum absolute atomic E-state index is 0.00405. The summed E-state index contributed by atoms with van der Waals surface area (Å²) in [6.07, 6.45) is 2.02. The molecule has 1 aromatic rings. The van der Waals surface area contributed by atoms with E-state index in [2.05, 4.69) is 5.32 Å². The highest BCUT2D eigenvalue weighted by Crippen LogP contribution is 2.19. The highest BCUT2D eigenvalue weighted by Gasteiger charge is 2.25. The number of nitrogens with zero attached hydrogens (tertiary/aromatic N) is 1. The number of benzene rings is 1. The fourth-order valence-corrected chi connectivity index (χ4v) is 2.78. The number of methoxy groups -OCH3 is 1. The van der Waals surface area contributed by atoms with Crippen LogP contribution in [0.1, 0.15) is 37.0 Å². The Morgan fingerprint density at radius 3 is 2.61 bits per heavy atom. The number of nitrogens with one attached hydrogen (secondary N) is 1. The van der Waals surface area contributed by atoms with Gasteiger partial charge in [0.1, 0.15) is 5.75 Å². The van der Waals surface area contributed by atoms with Gasteiger partial charge in [-0.15, -0.1) is 0 Å². The van der Waals surface area contributed by atoms with Crippen molar-refractivity contribution in [1.82, 2.24) is 10.2 Å². The third kappa shape index (κ3) is 4.71. The third-order valence-electron chi connectivity index (χ3n) is 4.23. The van der Waals surface area contributed by atoms with E-state index in [0.29, 0.717) is 24.6 Å². The molecule has 0 aromatic heterocycles. The van der Waals surface area contributed by atoms with Crippen LogP contribution in [0.4, 0.5) is 0 Å². The first-order valence-electron chi connectivity index (χ1n) is 8.22. The molecule has 0 saturated carbocycles. The van der Waals surface area contributed by atoms with Crippen molar-refractivity contribution in [1.29, 1.82) is 0 Å². The smallest absolute Gasteiger partial charge is 0.253 e. The number of hydrogen-bond acceptors (Lipinski definition) is 3. The first kappa shape index (κ1) is 17.3. The molecule has 1 aromatic carbocycles. The highest BCUT2D eigenvalue weighted by atomic mass is 16.5. The Morgan fingerprint density at radius 1 is 1.30 bits per heavy atom. The zero-order valence-electron chi connectivity index (χ0n) is 14.2. The first-order valence-corrected chi connectivity index (χ1v) is 8.22. The van der Waals surface area contributed by atoms with Crippen molar-refractivity contribution in [2.24, 2.45) is 11.8 Å². The second-order valence-corrected chi connectivity index (χ2v) is 6.39. The van der Waals surface area contributed by atoms with E-state index in [1.54, 1.807) is 31.4 Å². The molecule has 2 amide bonds. The molecule has 1 heterocycles. The minimum atomic E-state index is -0.00405. The Morgan fingerprint density at radius 2 is 2.00 bits per heavy atom. The van der Waals surface area contributed by atoms with Crippen molar-refractivity contribution >= 4 is 11.8 Å². The van der Waals surface area contributed by atoms with E-state index < -0.39 is 0 Å². The van der Waals surface area contributed by atoms with E-state index in [9.17, 15) is 9.59 Å². The molecule has 0 radical (unpaired) electrons. The third-order valence-corrected chi connectivity index (χ3v) is 4.23. The van der Waals surface area contributed by atoms with E-state index in [-0.39, 0.29) is 17.7 Å². The molecule has 0 unspecified atom stereocenters. The molecule has 23 heavy (non-hydrogen) atoms. The molecule has 2 rings (SSSR count). The van der Waals surface area contributed by atoms with Gasteiger partial charge in [-0.3, -0.25) is 9.59 Å². The summed E-state index contributed by atoms with van der Waals surface area (Å²) in [5.74, 6) is 1.19. The number of carbonyl (C=O) groups excluding carboxylic acids is 2. The molecule has 126 valence electrons. The van der Waals surface area contributed by atoms with Gasteiger partial charge in [0.2, 0.25) is 5.91 Å². The summed E-state index contributed by atoms with van der Waals surface area (Å²) in [5.41, 5.74) is 0.678. The fourth-order valence-electron chi connectivity index (χ4n) is 2.78. The molecule has 5 nitrogen and oxygen atoms in total. The lowest BCUT2D eigenvalue weighted by Crippen LogP contribution is -2.44. The molecule has 1 fully saturated rings. The van der Waals surface area contributed by atoms with Gasteiger partial charge < -0.3 is 15.0 Å². The van der Waals surface area contributed by atoms with Crippen LogP contribution in [0, 0.1) is 11.8 Å². The summed E-state index contributed by atoms with van der Waals surface area (Å²) in [6.45, 7) is 5.89. The highest BCUT2D eigenvalue weighted by molar-refractivity contribution is 5.94. The second kappa shape index (κ2) is 7.99. The molecular formula is C18H26N2O3. The number of carbonyl (C=O) groups is 2. The van der Waals surface area contributed by atoms with Crippen molar-refractivity contribution < 1.29 is 14.3 Å². The number of hydrogen-bond donors (Lipinski definition) is 1. The number of likely N-dealkylation sites (tertiary alicyclic amines) is 1. The van der Waals surface area contributed by atoms with Crippen molar-refractivity contribution in [3.05, 3.63) is 29.8 Å². The van der Waals surface area contributed by atoms with Crippen LogP contribution >= 0.6 is 0 Å². The average molecular weight is 318 g/mol. The Balaban J connectivity index is 1.91. The van der Waals surface area contributed by atoms with Gasteiger partial charge in [0.15, 0.2) is 0 Å². The SMILES string of the molecule is COc1ccc(C(=O)N2CCC[C@@H](CNC(=O)C(C)C)C2)cc1. The average Bonchev–Trinajstić information content (AvgIpc) is 2.59. The largest absolute Gasteiger partial charge is 0.497 e. The molecule has 1 N–H and O–H groups in total. The lowest BCUT2D eigenvalue weighted by molar-refractivity contribution is -0.124. The van der Waals surface area contributed by atoms with E-state index in [0.717, 1.165) is 25.1 Å². The Bertz CT molecular complexity index is 540. The summed E-state index contributed by atoms with van der Waals surface area (Å²) in [4.78, 5) is 26.2. The van der Waals surface area contributed by atoms with E-state index >= 15 is 0 Å². The predicted octanol–water partition coefficient (Wildman–Crippen LogP) is 2.32. The van der Waals surface area contributed by atoms with E-state index in [1.807, 2.05) is 18.7 Å². The van der Waals surface area contributed by atoms with Crippen molar-refractivity contribution in [2.75, 3.05) is 26.7 Å². The Hall–Kier alpha value is -2.04. The van der Waals surface area contributed by atoms with Crippen LogP contribution in [0.5, 0.6) is 5.75 Å². The summed E-state index contributed by atoms with van der Waals surface area (Å²) in [5, 5.41) is 2.97. The van der Waals surface area contributed by atoms with Crippen LogP contribution in [0.3, 0.4) is 0 Å². The summed E-state index contributed by atoms with van der Waals surface area (Å²) >= 11 is 0. The second-order valence-electron chi connectivity index (χ2n) is 6.39. The van der Waals surface area contributed by atoms with Crippen LogP contribution in [-0.2, 0) is 4.79 Å². The van der Waals surface area contributed by atoms with Crippen LogP contribution in [-0.4, -0.2) is 43.5 Å². The van der Waals surface area contributed by atoms with Crippen molar-refractivity contribution in [3.8, 4) is 5.75 Å². The van der Waals surface area contributed by atoms with Crippen LogP contribution in [0.25, 0.3) is 0 Å². The Labute approximate surface area is 138 Å². The van der Waals surface area contributed by atoms with Gasteiger partial charge in [-0.2, -0.15) is 0 Å². The Kier molecular flexibility index (Phi) is 6.02. The summed E-state index contributed by atoms with van der Waals surface area (Å²) < 4.78 is 5.12. The predicted molar refractivity (Wildman–Crippen MR) is 89.5 cm³/mol. The quantitative estimate of drug-likeness (QED) is 0.906. The molecule has 0 spiro atoms. The summed E-state index contributed by atoms with van der Waals surface area (Å²) in [7, 11) is 1.61. The van der Waals surface area contributed by atoms with Crippen LogP contribution in [0.15, 0.2) is 24.3 Å². The number of ether oxygens (including phenoxy) is 1. The van der Waals surface area contributed by atoms with Crippen molar-refractivity contribution in [2.45, 2.75) is 26.7 Å². The zero-order chi connectivity index (χ0) is 16.8. The monoisotopic (exact) mass is 318 g/mol. The van der Waals surface area contributed by atoms with Crippen molar-refractivity contribution in [3.63, 3.8) is 0 Å². The van der Waals surface area contributed by atoms with Gasteiger partial charge >= 0.3 is 0 Å². The maximum Gasteiger partial charge on any atom is 0.253 e. The van der Waals surface area contributed by atoms with E-state index in [4.69, 9.17) is 4.74 Å². The normalized spacial score (nSPS) is 17.9. The standard InChI is InChI=1S/C18H26N2O3/c1-13(2)17(21)19-11-14-5-4-10-20(12-14)18(22)15-6-8-16(23-3)9-7-15/h6-9,13-14H,4-5,10-12H2,1-3H3,(H,19,21)/t14-/m0/s1. The van der Waals surface area contributed by atoms with Gasteiger partial charge in [0.05, 0.1) is 7.11 Å². The van der Waals surface area contributed by atoms with Crippen LogP contribution < -0.4 is 10.1 Å². The molecule has 1 atom stereocenters.